The van der Waals surface area contributed by atoms with E-state index >= 15 is 0 Å². The van der Waals surface area contributed by atoms with Crippen LogP contribution in [0.5, 0.6) is 36.1 Å². The van der Waals surface area contributed by atoms with Gasteiger partial charge < -0.3 is 88.2 Å². The summed E-state index contributed by atoms with van der Waals surface area (Å²) in [6.07, 6.45) is 25.7. The smallest absolute Gasteiger partial charge is 0.368 e. The number of aromatic nitrogens is 36. The van der Waals surface area contributed by atoms with E-state index in [4.69, 9.17) is 40.0 Å². The minimum atomic E-state index is -0.532. The molecule has 48 nitrogen and oxygen atoms in total. The van der Waals surface area contributed by atoms with Gasteiger partial charge in [0.15, 0.2) is 36.1 Å². The number of benzene rings is 6. The van der Waals surface area contributed by atoms with Crippen molar-refractivity contribution in [3.8, 4) is 70.2 Å². The van der Waals surface area contributed by atoms with E-state index in [1.54, 1.807) is 119 Å². The Morgan fingerprint density at radius 1 is 0.324 bits per heavy atom. The van der Waals surface area contributed by atoms with E-state index < -0.39 is 11.5 Å². The second kappa shape index (κ2) is 57.7. The molecule has 0 aliphatic rings. The summed E-state index contributed by atoms with van der Waals surface area (Å²) in [6.45, 7) is 4.69. The quantitative estimate of drug-likeness (QED) is 0.0579. The number of hydrogen-bond acceptors (Lipinski definition) is 36. The van der Waals surface area contributed by atoms with Crippen LogP contribution in [0.3, 0.4) is 0 Å². The molecule has 0 N–H and O–H groups in total. The van der Waals surface area contributed by atoms with Crippen molar-refractivity contribution >= 4 is 50.1 Å². The zero-order valence-corrected chi connectivity index (χ0v) is 95.8. The number of halogens is 4. The Bertz CT molecular complexity index is 6520. The summed E-state index contributed by atoms with van der Waals surface area (Å²) in [4.78, 5) is 119. The van der Waals surface area contributed by atoms with Crippen molar-refractivity contribution in [2.75, 3.05) is 0 Å². The van der Waals surface area contributed by atoms with Crippen LogP contribution in [0.15, 0.2) is 216 Å². The summed E-state index contributed by atoms with van der Waals surface area (Å²) in [5.41, 5.74) is 6.98. The maximum absolute atomic E-state index is 14.1. The van der Waals surface area contributed by atoms with E-state index in [2.05, 4.69) is 198 Å². The van der Waals surface area contributed by atoms with Crippen LogP contribution in [-0.2, 0) is 285 Å². The molecule has 12 aromatic heterocycles. The van der Waals surface area contributed by atoms with Crippen molar-refractivity contribution in [1.82, 2.24) is 179 Å². The van der Waals surface area contributed by atoms with Gasteiger partial charge in [0.1, 0.15) is 45.5 Å². The Hall–Kier alpha value is -10.1. The minimum absolute atomic E-state index is 0. The van der Waals surface area contributed by atoms with Crippen LogP contribution in [0.2, 0.25) is 5.02 Å². The van der Waals surface area contributed by atoms with Crippen molar-refractivity contribution in [3.63, 3.8) is 0 Å². The van der Waals surface area contributed by atoms with Gasteiger partial charge in [0, 0.05) is 285 Å². The Balaban J connectivity index is 0.000000225. The monoisotopic (exact) mass is 2530 g/mol. The van der Waals surface area contributed by atoms with E-state index in [0.717, 1.165) is 71.3 Å². The molecule has 139 heavy (non-hydrogen) atoms. The standard InChI is InChI=1S/C15H15N6O2.C14H13N6O2.C13H10BrN6O2.C13H10ClN6O2.C13H10FN6O2.C13H10IN6O2.6Y/c1-3-11-6-4-7-13(21-15(22)20(2)18-19-21)12(11)10-23-14-16-8-5-9-17-14;1-10-5-3-6-12(20-14(21)19(2)17-18-20)11(10)9-22-13-15-7-4-8-16-13;4*1-19-13(21)20(18-17-19)11-5-2-4-10(14)9(11)8-22-12-15-6-3-7-16-12;;;;;;/h4-8H,3,10H2,1-2H3;3-7H,9H2,1-2H3;4*2-6H,8H2,1H3;;;;;;/q6*-1;;;;;;. The largest absolute Gasteiger partial charge is 0.516 e. The van der Waals surface area contributed by atoms with Crippen LogP contribution < -0.4 is 62.6 Å². The molecule has 0 fully saturated rings. The number of rotatable bonds is 25. The fraction of sp³-hybridized carbons (Fsp3) is 0.185. The molecule has 6 radical (unpaired) electrons. The molecule has 18 aromatic rings. The van der Waals surface area contributed by atoms with Gasteiger partial charge in [0.05, 0.1) is 34.1 Å². The molecule has 0 spiro atoms. The van der Waals surface area contributed by atoms with Gasteiger partial charge in [-0.3, -0.25) is 0 Å². The van der Waals surface area contributed by atoms with Gasteiger partial charge in [0.2, 0.25) is 0 Å². The molecule has 0 atom stereocenters. The molecule has 0 amide bonds. The van der Waals surface area contributed by atoms with Gasteiger partial charge in [0.25, 0.3) is 0 Å². The fourth-order valence-corrected chi connectivity index (χ4v) is 12.8. The van der Waals surface area contributed by atoms with Crippen molar-refractivity contribution in [2.45, 2.75) is 59.9 Å². The van der Waals surface area contributed by atoms with Gasteiger partial charge in [-0.1, -0.05) is 157 Å². The first-order valence-corrected chi connectivity index (χ1v) is 40.9. The van der Waals surface area contributed by atoms with Gasteiger partial charge in [-0.25, -0.2) is 33.2 Å². The van der Waals surface area contributed by atoms with Crippen molar-refractivity contribution in [3.05, 3.63) is 346 Å². The van der Waals surface area contributed by atoms with Crippen molar-refractivity contribution in [2.24, 2.45) is 42.3 Å². The topological polar surface area (TPSA) is 526 Å². The Labute approximate surface area is 963 Å². The molecular formula is C81H68BrClFIN36O12Y6-6. The molecule has 0 unspecified atom stereocenters. The number of aryl methyl sites for hydroxylation is 8. The molecule has 0 aliphatic carbocycles. The van der Waals surface area contributed by atoms with Crippen LogP contribution in [0.1, 0.15) is 51.4 Å². The minimum Gasteiger partial charge on any atom is -0.516 e. The second-order valence-electron chi connectivity index (χ2n) is 26.6. The third kappa shape index (κ3) is 30.9. The molecular weight excluding hydrogens is 2460 g/mol. The maximum atomic E-state index is 14.1. The van der Waals surface area contributed by atoms with E-state index in [1.807, 2.05) is 62.4 Å². The van der Waals surface area contributed by atoms with E-state index in [9.17, 15) is 33.2 Å². The van der Waals surface area contributed by atoms with Gasteiger partial charge in [-0.05, 0) is 170 Å². The Morgan fingerprint density at radius 2 is 0.576 bits per heavy atom. The number of hydrogen-bond donors (Lipinski definition) is 0. The van der Waals surface area contributed by atoms with Crippen LogP contribution in [0.25, 0.3) is 34.1 Å². The first-order valence-electron chi connectivity index (χ1n) is 38.7. The predicted octanol–water partition coefficient (Wildman–Crippen LogP) is 3.83. The van der Waals surface area contributed by atoms with E-state index in [-0.39, 0.29) is 312 Å². The first kappa shape index (κ1) is 116. The third-order valence-electron chi connectivity index (χ3n) is 18.1. The summed E-state index contributed by atoms with van der Waals surface area (Å²) in [5, 5.41) is 45.6. The van der Waals surface area contributed by atoms with Crippen LogP contribution in [0.4, 0.5) is 4.39 Å². The zero-order chi connectivity index (χ0) is 93.9. The molecule has 58 heteroatoms. The van der Waals surface area contributed by atoms with Crippen LogP contribution >= 0.6 is 50.1 Å². The summed E-state index contributed by atoms with van der Waals surface area (Å²) in [5.74, 6) is -0.532. The number of tetrazole rings is 6. The zero-order valence-electron chi connectivity index (χ0n) is 74.2. The molecule has 696 valence electrons. The predicted molar refractivity (Wildman–Crippen MR) is 470 cm³/mol. The van der Waals surface area contributed by atoms with Crippen LogP contribution in [-0.4, -0.2) is 179 Å². The molecule has 12 heterocycles. The molecule has 0 aliphatic heterocycles. The molecule has 0 bridgehead atoms. The number of nitrogens with zero attached hydrogens (tertiary/aromatic N) is 36. The Kier molecular flexibility index (Phi) is 48.1. The average molecular weight is 2530 g/mol. The maximum Gasteiger partial charge on any atom is 0.368 e. The number of ether oxygens (including phenoxy) is 6. The van der Waals surface area contributed by atoms with E-state index in [1.165, 1.54) is 90.7 Å². The van der Waals surface area contributed by atoms with Crippen molar-refractivity contribution in [1.29, 1.82) is 0 Å². The van der Waals surface area contributed by atoms with Gasteiger partial charge >= 0.3 is 34.1 Å². The summed E-state index contributed by atoms with van der Waals surface area (Å²) < 4.78 is 62.8. The summed E-state index contributed by atoms with van der Waals surface area (Å²) in [7, 11) is 9.15. The van der Waals surface area contributed by atoms with Crippen molar-refractivity contribution < 1.29 is 229 Å². The SMILES string of the molecule is CCc1cccc(-n2nnn(C)c2=O)c1COc1n[c-]ccn1.Cc1cccc(-n2nnn(C)c2=O)c1COc1n[c-]ccn1.Cn1nnn(-c2cccc(Br)c2COc2n[c-]ccn2)c1=O.Cn1nnn(-c2cccc(Cl)c2COc2n[c-]ccn2)c1=O.Cn1nnn(-c2cccc(F)c2COc2n[c-]ccn2)c1=O.Cn1nnn(-c2cccc(I)c2COc2n[c-]ccn2)c1=O.[Y].[Y].[Y].[Y].[Y].[Y]. The normalized spacial score (nSPS) is 10.2. The third-order valence-corrected chi connectivity index (χ3v) is 20.2. The summed E-state index contributed by atoms with van der Waals surface area (Å²) in [6, 6.07) is 42.2. The molecule has 0 saturated heterocycles. The summed E-state index contributed by atoms with van der Waals surface area (Å²) >= 11 is 11.8. The molecule has 18 rings (SSSR count). The van der Waals surface area contributed by atoms with Gasteiger partial charge in [-0.15, -0.1) is 36.4 Å². The second-order valence-corrected chi connectivity index (χ2v) is 29.0. The van der Waals surface area contributed by atoms with Gasteiger partial charge in [-0.2, -0.15) is 56.2 Å². The van der Waals surface area contributed by atoms with Crippen LogP contribution in [0, 0.1) is 53.5 Å². The van der Waals surface area contributed by atoms with E-state index in [0.29, 0.717) is 39.0 Å². The molecule has 6 aromatic carbocycles. The average Bonchev–Trinajstić information content (AvgIpc) is 1.74. The Morgan fingerprint density at radius 3 is 0.899 bits per heavy atom. The first-order chi connectivity index (χ1) is 64.5. The molecule has 0 saturated carbocycles. The fourth-order valence-electron chi connectivity index (χ4n) is 11.5.